The molecule has 2 nitrogen and oxygen atoms in total. The van der Waals surface area contributed by atoms with E-state index in [1.165, 1.54) is 63.9 Å². The molecule has 0 aromatic heterocycles. The van der Waals surface area contributed by atoms with Crippen LogP contribution in [0.5, 0.6) is 0 Å². The lowest BCUT2D eigenvalue weighted by Crippen LogP contribution is -2.46. The van der Waals surface area contributed by atoms with Gasteiger partial charge in [0.25, 0.3) is 0 Å². The first-order valence-electron chi connectivity index (χ1n) is 8.93. The Hall–Kier alpha value is -0.790. The SMILES string of the molecule is C=CC(=O)N(CC)C(C)(C)CCCCCCCCCCC. The summed E-state index contributed by atoms with van der Waals surface area (Å²) in [6.07, 6.45) is 14.6. The van der Waals surface area contributed by atoms with Crippen LogP contribution >= 0.6 is 0 Å². The summed E-state index contributed by atoms with van der Waals surface area (Å²) < 4.78 is 0. The molecular weight excluding hydrogens is 258 g/mol. The largest absolute Gasteiger partial charge is 0.334 e. The minimum absolute atomic E-state index is 0.0541. The second-order valence-corrected chi connectivity index (χ2v) is 6.68. The lowest BCUT2D eigenvalue weighted by atomic mass is 9.93. The Bertz CT molecular complexity index is 283. The maximum Gasteiger partial charge on any atom is 0.246 e. The van der Waals surface area contributed by atoms with Gasteiger partial charge < -0.3 is 4.90 Å². The Morgan fingerprint density at radius 2 is 1.43 bits per heavy atom. The Labute approximate surface area is 133 Å². The lowest BCUT2D eigenvalue weighted by Gasteiger charge is -2.37. The molecule has 0 fully saturated rings. The van der Waals surface area contributed by atoms with Crippen molar-refractivity contribution in [3.05, 3.63) is 12.7 Å². The van der Waals surface area contributed by atoms with Crippen LogP contribution in [-0.2, 0) is 4.79 Å². The van der Waals surface area contributed by atoms with E-state index in [0.717, 1.165) is 13.0 Å². The molecule has 0 saturated heterocycles. The summed E-state index contributed by atoms with van der Waals surface area (Å²) in [4.78, 5) is 13.8. The predicted octanol–water partition coefficient (Wildman–Crippen LogP) is 5.72. The van der Waals surface area contributed by atoms with E-state index in [4.69, 9.17) is 0 Å². The summed E-state index contributed by atoms with van der Waals surface area (Å²) in [5, 5.41) is 0. The van der Waals surface area contributed by atoms with Crippen molar-refractivity contribution in [2.45, 2.75) is 97.4 Å². The first-order chi connectivity index (χ1) is 9.99. The normalized spacial score (nSPS) is 11.4. The first-order valence-corrected chi connectivity index (χ1v) is 8.93. The number of carbonyl (C=O) groups is 1. The number of unbranched alkanes of at least 4 members (excludes halogenated alkanes) is 8. The maximum atomic E-state index is 11.9. The molecule has 1 amide bonds. The molecule has 0 aliphatic heterocycles. The molecule has 2 heteroatoms. The van der Waals surface area contributed by atoms with Gasteiger partial charge in [0.15, 0.2) is 0 Å². The number of hydrogen-bond donors (Lipinski definition) is 0. The van der Waals surface area contributed by atoms with Gasteiger partial charge in [-0.3, -0.25) is 4.79 Å². The van der Waals surface area contributed by atoms with E-state index >= 15 is 0 Å². The van der Waals surface area contributed by atoms with Gasteiger partial charge in [0, 0.05) is 12.1 Å². The number of likely N-dealkylation sites (N-methyl/N-ethyl adjacent to an activating group) is 1. The van der Waals surface area contributed by atoms with Crippen molar-refractivity contribution in [2.75, 3.05) is 6.54 Å². The molecule has 0 aromatic carbocycles. The lowest BCUT2D eigenvalue weighted by molar-refractivity contribution is -0.131. The van der Waals surface area contributed by atoms with Gasteiger partial charge in [-0.2, -0.15) is 0 Å². The van der Waals surface area contributed by atoms with Gasteiger partial charge in [-0.05, 0) is 33.3 Å². The highest BCUT2D eigenvalue weighted by Gasteiger charge is 2.27. The molecular formula is C19H37NO. The number of amides is 1. The third-order valence-corrected chi connectivity index (χ3v) is 4.38. The molecule has 124 valence electrons. The standard InChI is InChI=1S/C19H37NO/c1-6-9-10-11-12-13-14-15-16-17-19(4,5)20(8-3)18(21)7-2/h7H,2,6,8-17H2,1,3-5H3. The summed E-state index contributed by atoms with van der Waals surface area (Å²) in [5.41, 5.74) is -0.0544. The van der Waals surface area contributed by atoms with Crippen molar-refractivity contribution in [1.29, 1.82) is 0 Å². The molecule has 0 rings (SSSR count). The summed E-state index contributed by atoms with van der Waals surface area (Å²) >= 11 is 0. The Morgan fingerprint density at radius 1 is 0.952 bits per heavy atom. The minimum Gasteiger partial charge on any atom is -0.334 e. The fourth-order valence-corrected chi connectivity index (χ4v) is 3.00. The van der Waals surface area contributed by atoms with Gasteiger partial charge in [0.1, 0.15) is 0 Å². The molecule has 0 N–H and O–H groups in total. The van der Waals surface area contributed by atoms with Crippen LogP contribution in [0.3, 0.4) is 0 Å². The van der Waals surface area contributed by atoms with Gasteiger partial charge in [0.2, 0.25) is 5.91 Å². The number of rotatable bonds is 13. The molecule has 0 aliphatic rings. The Balaban J connectivity index is 3.78. The van der Waals surface area contributed by atoms with E-state index in [0.29, 0.717) is 0 Å². The Kier molecular flexibility index (Phi) is 11.4. The van der Waals surface area contributed by atoms with E-state index in [9.17, 15) is 4.79 Å². The van der Waals surface area contributed by atoms with Crippen molar-refractivity contribution in [3.63, 3.8) is 0 Å². The molecule has 21 heavy (non-hydrogen) atoms. The van der Waals surface area contributed by atoms with E-state index in [1.54, 1.807) is 0 Å². The molecule has 0 bridgehead atoms. The summed E-state index contributed by atoms with van der Waals surface area (Å²) in [5.74, 6) is 0.0541. The summed E-state index contributed by atoms with van der Waals surface area (Å²) in [6, 6.07) is 0. The minimum atomic E-state index is -0.0544. The molecule has 0 atom stereocenters. The summed E-state index contributed by atoms with van der Waals surface area (Å²) in [6.45, 7) is 13.0. The van der Waals surface area contributed by atoms with Crippen LogP contribution in [0.15, 0.2) is 12.7 Å². The average Bonchev–Trinajstić information content (AvgIpc) is 2.45. The zero-order valence-electron chi connectivity index (χ0n) is 14.9. The van der Waals surface area contributed by atoms with Crippen LogP contribution in [0.25, 0.3) is 0 Å². The van der Waals surface area contributed by atoms with Crippen LogP contribution in [0.4, 0.5) is 0 Å². The van der Waals surface area contributed by atoms with Crippen molar-refractivity contribution < 1.29 is 4.79 Å². The van der Waals surface area contributed by atoms with Gasteiger partial charge in [-0.25, -0.2) is 0 Å². The number of nitrogens with zero attached hydrogens (tertiary/aromatic N) is 1. The van der Waals surface area contributed by atoms with Crippen molar-refractivity contribution in [2.24, 2.45) is 0 Å². The molecule has 0 aliphatic carbocycles. The highest BCUT2D eigenvalue weighted by Crippen LogP contribution is 2.23. The average molecular weight is 296 g/mol. The van der Waals surface area contributed by atoms with E-state index in [2.05, 4.69) is 27.4 Å². The molecule has 0 radical (unpaired) electrons. The predicted molar refractivity (Wildman–Crippen MR) is 93.5 cm³/mol. The van der Waals surface area contributed by atoms with Gasteiger partial charge in [0.05, 0.1) is 0 Å². The zero-order valence-corrected chi connectivity index (χ0v) is 14.9. The van der Waals surface area contributed by atoms with Gasteiger partial charge in [-0.15, -0.1) is 0 Å². The van der Waals surface area contributed by atoms with E-state index < -0.39 is 0 Å². The molecule has 0 saturated carbocycles. The summed E-state index contributed by atoms with van der Waals surface area (Å²) in [7, 11) is 0. The van der Waals surface area contributed by atoms with Gasteiger partial charge >= 0.3 is 0 Å². The third kappa shape index (κ3) is 8.95. The topological polar surface area (TPSA) is 20.3 Å². The van der Waals surface area contributed by atoms with Crippen molar-refractivity contribution in [3.8, 4) is 0 Å². The molecule has 0 heterocycles. The Morgan fingerprint density at radius 3 is 1.86 bits per heavy atom. The molecule has 0 aromatic rings. The fourth-order valence-electron chi connectivity index (χ4n) is 3.00. The van der Waals surface area contributed by atoms with Crippen molar-refractivity contribution in [1.82, 2.24) is 4.90 Å². The zero-order chi connectivity index (χ0) is 16.1. The number of hydrogen-bond acceptors (Lipinski definition) is 1. The second-order valence-electron chi connectivity index (χ2n) is 6.68. The second kappa shape index (κ2) is 11.8. The van der Waals surface area contributed by atoms with Crippen LogP contribution in [0, 0.1) is 0 Å². The molecule has 0 unspecified atom stereocenters. The highest BCUT2D eigenvalue weighted by atomic mass is 16.2. The first kappa shape index (κ1) is 20.2. The molecule has 0 spiro atoms. The number of carbonyl (C=O) groups excluding carboxylic acids is 1. The van der Waals surface area contributed by atoms with Gasteiger partial charge in [-0.1, -0.05) is 71.3 Å². The third-order valence-electron chi connectivity index (χ3n) is 4.38. The quantitative estimate of drug-likeness (QED) is 0.314. The van der Waals surface area contributed by atoms with Crippen LogP contribution in [0.2, 0.25) is 0 Å². The van der Waals surface area contributed by atoms with Crippen LogP contribution in [-0.4, -0.2) is 22.9 Å². The smallest absolute Gasteiger partial charge is 0.246 e. The highest BCUT2D eigenvalue weighted by molar-refractivity contribution is 5.87. The van der Waals surface area contributed by atoms with E-state index in [1.807, 2.05) is 11.8 Å². The fraction of sp³-hybridized carbons (Fsp3) is 0.842. The van der Waals surface area contributed by atoms with Crippen molar-refractivity contribution >= 4 is 5.91 Å². The van der Waals surface area contributed by atoms with E-state index in [-0.39, 0.29) is 11.4 Å². The van der Waals surface area contributed by atoms with Crippen LogP contribution < -0.4 is 0 Å². The maximum absolute atomic E-state index is 11.9. The van der Waals surface area contributed by atoms with Crippen LogP contribution in [0.1, 0.15) is 91.9 Å². The monoisotopic (exact) mass is 295 g/mol.